The first-order chi connectivity index (χ1) is 22.3. The maximum absolute atomic E-state index is 3.47. The Morgan fingerprint density at radius 3 is 1.82 bits per heavy atom. The summed E-state index contributed by atoms with van der Waals surface area (Å²) in [6, 6.07) is 53.4. The summed E-state index contributed by atoms with van der Waals surface area (Å²) in [7, 11) is 0. The third-order valence-corrected chi connectivity index (χ3v) is 9.16. The van der Waals surface area contributed by atoms with Gasteiger partial charge in [-0.3, -0.25) is 0 Å². The highest BCUT2D eigenvalue weighted by Gasteiger charge is 2.16. The number of rotatable bonds is 4. The number of allylic oxidation sites excluding steroid dienone is 2. The van der Waals surface area contributed by atoms with E-state index in [1.54, 1.807) is 0 Å². The second-order valence-corrected chi connectivity index (χ2v) is 11.8. The first-order valence-corrected chi connectivity index (χ1v) is 15.6. The zero-order valence-electron chi connectivity index (χ0n) is 24.7. The number of benzene rings is 7. The van der Waals surface area contributed by atoms with E-state index in [4.69, 9.17) is 0 Å². The van der Waals surface area contributed by atoms with Crippen LogP contribution in [0.5, 0.6) is 0 Å². The first kappa shape index (κ1) is 25.6. The fraction of sp³-hybridized carbons (Fsp3) is 0.0233. The predicted octanol–water partition coefficient (Wildman–Crippen LogP) is 10.9. The van der Waals surface area contributed by atoms with Crippen LogP contribution in [0.15, 0.2) is 164 Å². The molecular weight excluding hydrogens is 544 g/mol. The molecule has 2 nitrogen and oxygen atoms in total. The number of nitrogens with one attached hydrogen (secondary N) is 1. The van der Waals surface area contributed by atoms with E-state index >= 15 is 0 Å². The molecule has 0 spiro atoms. The fourth-order valence-corrected chi connectivity index (χ4v) is 6.92. The molecule has 0 fully saturated rings. The van der Waals surface area contributed by atoms with Gasteiger partial charge in [0, 0.05) is 34.1 Å². The van der Waals surface area contributed by atoms with Gasteiger partial charge in [0.15, 0.2) is 0 Å². The van der Waals surface area contributed by atoms with Crippen molar-refractivity contribution in [1.82, 2.24) is 9.88 Å². The average molecular weight is 575 g/mol. The Morgan fingerprint density at radius 1 is 0.467 bits per heavy atom. The van der Waals surface area contributed by atoms with E-state index in [0.29, 0.717) is 0 Å². The van der Waals surface area contributed by atoms with Gasteiger partial charge in [0.05, 0.1) is 11.0 Å². The smallest absolute Gasteiger partial charge is 0.0619 e. The van der Waals surface area contributed by atoms with E-state index in [9.17, 15) is 0 Å². The van der Waals surface area contributed by atoms with Crippen molar-refractivity contribution in [2.45, 2.75) is 0 Å². The third-order valence-electron chi connectivity index (χ3n) is 9.16. The topological polar surface area (TPSA) is 17.0 Å². The Balaban J connectivity index is 1.20. The number of dihydropyridines is 1. The van der Waals surface area contributed by atoms with Gasteiger partial charge >= 0.3 is 0 Å². The van der Waals surface area contributed by atoms with Gasteiger partial charge in [-0.15, -0.1) is 0 Å². The van der Waals surface area contributed by atoms with Crippen molar-refractivity contribution in [3.63, 3.8) is 0 Å². The zero-order chi connectivity index (χ0) is 29.7. The largest absolute Gasteiger partial charge is 0.381 e. The lowest BCUT2D eigenvalue weighted by atomic mass is 9.96. The van der Waals surface area contributed by atoms with Gasteiger partial charge in [0.1, 0.15) is 0 Å². The van der Waals surface area contributed by atoms with Crippen LogP contribution in [0.2, 0.25) is 0 Å². The third kappa shape index (κ3) is 4.34. The van der Waals surface area contributed by atoms with Gasteiger partial charge < -0.3 is 9.88 Å². The second-order valence-electron chi connectivity index (χ2n) is 11.8. The molecule has 1 N–H and O–H groups in total. The molecule has 45 heavy (non-hydrogen) atoms. The maximum Gasteiger partial charge on any atom is 0.0619 e. The molecule has 1 aliphatic heterocycles. The summed E-state index contributed by atoms with van der Waals surface area (Å²) in [5.74, 6) is 0. The molecule has 1 aromatic heterocycles. The summed E-state index contributed by atoms with van der Waals surface area (Å²) >= 11 is 0. The number of hydrogen-bond donors (Lipinski definition) is 1. The molecule has 0 atom stereocenters. The lowest BCUT2D eigenvalue weighted by molar-refractivity contribution is 0.996. The maximum atomic E-state index is 3.47. The molecule has 0 amide bonds. The lowest BCUT2D eigenvalue weighted by Gasteiger charge is -2.13. The van der Waals surface area contributed by atoms with Crippen LogP contribution in [0.4, 0.5) is 0 Å². The molecule has 0 saturated carbocycles. The Morgan fingerprint density at radius 2 is 1.07 bits per heavy atom. The van der Waals surface area contributed by atoms with E-state index in [0.717, 1.165) is 6.54 Å². The molecule has 1 aliphatic rings. The van der Waals surface area contributed by atoms with E-state index in [2.05, 4.69) is 174 Å². The number of aromatic nitrogens is 1. The zero-order valence-corrected chi connectivity index (χ0v) is 24.7. The van der Waals surface area contributed by atoms with Crippen molar-refractivity contribution in [3.05, 3.63) is 169 Å². The van der Waals surface area contributed by atoms with Gasteiger partial charge in [-0.05, 0) is 86.5 Å². The highest BCUT2D eigenvalue weighted by atomic mass is 15.0. The van der Waals surface area contributed by atoms with Crippen LogP contribution in [0, 0.1) is 0 Å². The van der Waals surface area contributed by atoms with Crippen molar-refractivity contribution >= 4 is 49.0 Å². The van der Waals surface area contributed by atoms with E-state index in [-0.39, 0.29) is 0 Å². The van der Waals surface area contributed by atoms with Crippen LogP contribution < -0.4 is 5.32 Å². The summed E-state index contributed by atoms with van der Waals surface area (Å²) < 4.78 is 2.44. The fourth-order valence-electron chi connectivity index (χ4n) is 6.92. The number of fused-ring (bicyclic) bond motifs is 6. The van der Waals surface area contributed by atoms with Gasteiger partial charge in [0.2, 0.25) is 0 Å². The van der Waals surface area contributed by atoms with E-state index in [1.807, 2.05) is 0 Å². The van der Waals surface area contributed by atoms with Gasteiger partial charge in [-0.25, -0.2) is 0 Å². The second kappa shape index (κ2) is 10.4. The van der Waals surface area contributed by atoms with Crippen molar-refractivity contribution in [2.75, 3.05) is 6.54 Å². The molecule has 0 radical (unpaired) electrons. The minimum atomic E-state index is 0.873. The molecule has 0 saturated heterocycles. The summed E-state index contributed by atoms with van der Waals surface area (Å²) in [5.41, 5.74) is 10.9. The number of hydrogen-bond acceptors (Lipinski definition) is 1. The highest BCUT2D eigenvalue weighted by Crippen LogP contribution is 2.39. The van der Waals surface area contributed by atoms with Gasteiger partial charge in [-0.2, -0.15) is 0 Å². The number of para-hydroxylation sites is 1. The molecule has 8 aromatic rings. The molecule has 2 heteroatoms. The van der Waals surface area contributed by atoms with Crippen LogP contribution in [-0.2, 0) is 0 Å². The minimum absolute atomic E-state index is 0.873. The number of nitrogens with zero attached hydrogens (tertiary/aromatic N) is 1. The SMILES string of the molecule is C1=CCNC(c2ccc3cc(-c4ccc5c(ccc6c7ccc(-c8ccccc8)cc7n(-c7ccccc7)c56)c4)ccc3c2)=C1. The van der Waals surface area contributed by atoms with Crippen LogP contribution in [-0.4, -0.2) is 11.1 Å². The predicted molar refractivity (Wildman–Crippen MR) is 192 cm³/mol. The Hall–Kier alpha value is -5.86. The highest BCUT2D eigenvalue weighted by molar-refractivity contribution is 6.19. The molecule has 0 unspecified atom stereocenters. The molecule has 212 valence electrons. The summed E-state index contributed by atoms with van der Waals surface area (Å²) in [6.45, 7) is 0.873. The lowest BCUT2D eigenvalue weighted by Crippen LogP contribution is -2.14. The first-order valence-electron chi connectivity index (χ1n) is 15.6. The molecule has 0 aliphatic carbocycles. The van der Waals surface area contributed by atoms with Crippen molar-refractivity contribution in [1.29, 1.82) is 0 Å². The van der Waals surface area contributed by atoms with Crippen LogP contribution in [0.3, 0.4) is 0 Å². The summed E-state index contributed by atoms with van der Waals surface area (Å²) in [5, 5.41) is 11.0. The standard InChI is InChI=1S/C43H30N2/c1-3-9-29(10-4-1)34-19-22-39-40-23-20-35-26-33(18-21-38(35)43(40)45(42(39)28-34)37-11-5-2-6-12-37)30-14-15-32-27-36(17-16-31(32)25-30)41-13-7-8-24-44-41/h1-23,25-28,44H,24H2. The Labute approximate surface area is 262 Å². The monoisotopic (exact) mass is 574 g/mol. The van der Waals surface area contributed by atoms with Crippen molar-refractivity contribution in [2.24, 2.45) is 0 Å². The molecule has 0 bridgehead atoms. The van der Waals surface area contributed by atoms with Gasteiger partial charge in [-0.1, -0.05) is 121 Å². The van der Waals surface area contributed by atoms with Crippen LogP contribution >= 0.6 is 0 Å². The summed E-state index contributed by atoms with van der Waals surface area (Å²) in [4.78, 5) is 0. The van der Waals surface area contributed by atoms with E-state index < -0.39 is 0 Å². The van der Waals surface area contributed by atoms with Crippen molar-refractivity contribution < 1.29 is 0 Å². The van der Waals surface area contributed by atoms with Crippen LogP contribution in [0.25, 0.3) is 77.0 Å². The Kier molecular flexibility index (Phi) is 5.92. The summed E-state index contributed by atoms with van der Waals surface area (Å²) in [6.07, 6.45) is 6.40. The quantitative estimate of drug-likeness (QED) is 0.221. The molecule has 9 rings (SSSR count). The minimum Gasteiger partial charge on any atom is -0.381 e. The molecule has 7 aromatic carbocycles. The normalized spacial score (nSPS) is 13.0. The Bertz CT molecular complexity index is 2460. The van der Waals surface area contributed by atoms with Crippen molar-refractivity contribution in [3.8, 4) is 27.9 Å². The molecule has 2 heterocycles. The average Bonchev–Trinajstić information content (AvgIpc) is 3.46. The van der Waals surface area contributed by atoms with Gasteiger partial charge in [0.25, 0.3) is 0 Å². The van der Waals surface area contributed by atoms with Crippen LogP contribution in [0.1, 0.15) is 5.56 Å². The molecular formula is C43H30N2. The van der Waals surface area contributed by atoms with E-state index in [1.165, 1.54) is 82.6 Å².